The number of carbonyl (C=O) groups is 2. The average molecular weight is 357 g/mol. The van der Waals surface area contributed by atoms with Gasteiger partial charge in [0.2, 0.25) is 0 Å². The zero-order valence-electron chi connectivity index (χ0n) is 15.5. The lowest BCUT2D eigenvalue weighted by Gasteiger charge is -2.31. The number of hydrogen-bond donors (Lipinski definition) is 1. The summed E-state index contributed by atoms with van der Waals surface area (Å²) in [6.45, 7) is 6.84. The minimum atomic E-state index is -0.608. The summed E-state index contributed by atoms with van der Waals surface area (Å²) < 4.78 is 0. The molecule has 2 aliphatic heterocycles. The molecule has 140 valence electrons. The molecule has 2 aliphatic rings. The number of piperidine rings is 1. The van der Waals surface area contributed by atoms with Gasteiger partial charge in [0.15, 0.2) is 11.5 Å². The van der Waals surface area contributed by atoms with E-state index in [0.29, 0.717) is 12.2 Å². The number of aliphatic hydroxyl groups is 1. The highest BCUT2D eigenvalue weighted by Gasteiger charge is 2.44. The van der Waals surface area contributed by atoms with Gasteiger partial charge in [0.25, 0.3) is 5.91 Å². The van der Waals surface area contributed by atoms with Crippen LogP contribution in [0.3, 0.4) is 0 Å². The van der Waals surface area contributed by atoms with Crippen molar-refractivity contribution in [1.29, 1.82) is 0 Å². The maximum atomic E-state index is 12.7. The fourth-order valence-corrected chi connectivity index (χ4v) is 3.72. The molecule has 0 radical (unpaired) electrons. The Balaban J connectivity index is 1.87. The van der Waals surface area contributed by atoms with Crippen LogP contribution in [0.1, 0.15) is 44.8 Å². The van der Waals surface area contributed by atoms with Crippen molar-refractivity contribution in [2.75, 3.05) is 26.2 Å². The summed E-state index contributed by atoms with van der Waals surface area (Å²) in [5.41, 5.74) is 0.801. The number of pyridine rings is 1. The molecular formula is C20H27N3O3. The monoisotopic (exact) mass is 357 g/mol. The van der Waals surface area contributed by atoms with Crippen LogP contribution in [0.5, 0.6) is 0 Å². The van der Waals surface area contributed by atoms with Crippen molar-refractivity contribution in [1.82, 2.24) is 14.8 Å². The molecule has 6 heteroatoms. The van der Waals surface area contributed by atoms with E-state index in [1.54, 1.807) is 37.1 Å². The van der Waals surface area contributed by atoms with Crippen LogP contribution in [0.25, 0.3) is 0 Å². The number of nitrogens with zero attached hydrogens (tertiary/aromatic N) is 3. The quantitative estimate of drug-likeness (QED) is 0.847. The zero-order valence-corrected chi connectivity index (χ0v) is 15.5. The van der Waals surface area contributed by atoms with Crippen LogP contribution < -0.4 is 0 Å². The highest BCUT2D eigenvalue weighted by Crippen LogP contribution is 2.37. The molecule has 0 aromatic carbocycles. The van der Waals surface area contributed by atoms with Gasteiger partial charge in [-0.05, 0) is 38.1 Å². The molecule has 26 heavy (non-hydrogen) atoms. The first kappa shape index (κ1) is 18.6. The largest absolute Gasteiger partial charge is 0.503 e. The van der Waals surface area contributed by atoms with Crippen LogP contribution in [-0.4, -0.2) is 57.8 Å². The predicted octanol–water partition coefficient (Wildman–Crippen LogP) is 2.49. The van der Waals surface area contributed by atoms with Gasteiger partial charge in [-0.1, -0.05) is 26.3 Å². The number of aromatic nitrogens is 1. The van der Waals surface area contributed by atoms with Gasteiger partial charge >= 0.3 is 0 Å². The molecule has 1 aromatic rings. The van der Waals surface area contributed by atoms with Crippen LogP contribution in [0.2, 0.25) is 0 Å². The maximum Gasteiger partial charge on any atom is 0.290 e. The second-order valence-electron chi connectivity index (χ2n) is 7.34. The van der Waals surface area contributed by atoms with Crippen molar-refractivity contribution >= 4 is 11.7 Å². The van der Waals surface area contributed by atoms with Crippen molar-refractivity contribution < 1.29 is 14.7 Å². The van der Waals surface area contributed by atoms with Crippen LogP contribution >= 0.6 is 0 Å². The van der Waals surface area contributed by atoms with Crippen molar-refractivity contribution in [2.24, 2.45) is 5.92 Å². The first-order valence-electron chi connectivity index (χ1n) is 9.42. The molecule has 1 fully saturated rings. The van der Waals surface area contributed by atoms with E-state index in [2.05, 4.69) is 9.88 Å². The molecule has 1 amide bonds. The van der Waals surface area contributed by atoms with E-state index in [1.165, 1.54) is 19.3 Å². The van der Waals surface area contributed by atoms with E-state index in [-0.39, 0.29) is 17.3 Å². The number of ketones is 1. The Hall–Kier alpha value is -2.21. The number of rotatable bonds is 6. The minimum Gasteiger partial charge on any atom is -0.503 e. The molecule has 1 aromatic heterocycles. The molecular weight excluding hydrogens is 330 g/mol. The molecule has 6 nitrogen and oxygen atoms in total. The van der Waals surface area contributed by atoms with E-state index in [9.17, 15) is 14.7 Å². The lowest BCUT2D eigenvalue weighted by atomic mass is 9.93. The van der Waals surface area contributed by atoms with Gasteiger partial charge in [-0.2, -0.15) is 0 Å². The Morgan fingerprint density at radius 1 is 1.23 bits per heavy atom. The topological polar surface area (TPSA) is 73.7 Å². The fraction of sp³-hybridized carbons (Fsp3) is 0.550. The molecule has 0 aliphatic carbocycles. The molecule has 1 atom stereocenters. The number of carbonyl (C=O) groups excluding carboxylic acids is 2. The van der Waals surface area contributed by atoms with Gasteiger partial charge in [0.05, 0.1) is 11.3 Å². The Kier molecular flexibility index (Phi) is 5.71. The van der Waals surface area contributed by atoms with Gasteiger partial charge in [-0.25, -0.2) is 0 Å². The fourth-order valence-electron chi connectivity index (χ4n) is 3.72. The predicted molar refractivity (Wildman–Crippen MR) is 98.5 cm³/mol. The summed E-state index contributed by atoms with van der Waals surface area (Å²) in [5.74, 6) is -1.39. The van der Waals surface area contributed by atoms with Crippen LogP contribution in [0.4, 0.5) is 0 Å². The molecule has 1 unspecified atom stereocenters. The highest BCUT2D eigenvalue weighted by atomic mass is 16.3. The number of Topliss-reactive ketones (excluding diaryl/α,β-unsaturated/α-hetero) is 1. The summed E-state index contributed by atoms with van der Waals surface area (Å²) in [4.78, 5) is 33.7. The molecule has 0 bridgehead atoms. The number of hydrogen-bond acceptors (Lipinski definition) is 5. The number of aliphatic hydroxyl groups excluding tert-OH is 1. The van der Waals surface area contributed by atoms with Gasteiger partial charge in [0.1, 0.15) is 6.04 Å². The Bertz CT molecular complexity index is 694. The van der Waals surface area contributed by atoms with E-state index in [1.807, 2.05) is 6.07 Å². The van der Waals surface area contributed by atoms with Gasteiger partial charge in [-0.15, -0.1) is 0 Å². The maximum absolute atomic E-state index is 12.7. The summed E-state index contributed by atoms with van der Waals surface area (Å²) in [6, 6.07) is 4.83. The lowest BCUT2D eigenvalue weighted by molar-refractivity contribution is -0.129. The molecule has 1 saturated heterocycles. The second kappa shape index (κ2) is 7.99. The van der Waals surface area contributed by atoms with Gasteiger partial charge in [0, 0.05) is 25.2 Å². The molecule has 3 rings (SSSR count). The summed E-state index contributed by atoms with van der Waals surface area (Å²) in [6.07, 6.45) is 5.26. The zero-order chi connectivity index (χ0) is 18.7. The average Bonchev–Trinajstić information content (AvgIpc) is 2.91. The van der Waals surface area contributed by atoms with Crippen LogP contribution in [0, 0.1) is 5.92 Å². The Morgan fingerprint density at radius 3 is 2.58 bits per heavy atom. The van der Waals surface area contributed by atoms with Crippen molar-refractivity contribution in [3.63, 3.8) is 0 Å². The van der Waals surface area contributed by atoms with Crippen molar-refractivity contribution in [3.8, 4) is 0 Å². The smallest absolute Gasteiger partial charge is 0.290 e. The van der Waals surface area contributed by atoms with Gasteiger partial charge < -0.3 is 14.9 Å². The highest BCUT2D eigenvalue weighted by molar-refractivity contribution is 6.09. The molecule has 3 heterocycles. The first-order valence-corrected chi connectivity index (χ1v) is 9.42. The Morgan fingerprint density at radius 2 is 1.96 bits per heavy atom. The first-order chi connectivity index (χ1) is 12.5. The molecule has 0 spiro atoms. The van der Waals surface area contributed by atoms with Crippen LogP contribution in [-0.2, 0) is 9.59 Å². The Labute approximate surface area is 154 Å². The standard InChI is InChI=1S/C20H27N3O3/c1-14(2)18(24)16-17(15-8-4-5-9-21-15)23(20(26)19(16)25)13-12-22-10-6-3-7-11-22/h4-5,8-9,14,17,25H,3,6-7,10-13H2,1-2H3. The van der Waals surface area contributed by atoms with Crippen molar-refractivity contribution in [2.45, 2.75) is 39.2 Å². The van der Waals surface area contributed by atoms with E-state index >= 15 is 0 Å². The third-order valence-corrected chi connectivity index (χ3v) is 5.17. The third kappa shape index (κ3) is 3.65. The third-order valence-electron chi connectivity index (χ3n) is 5.17. The number of likely N-dealkylation sites (tertiary alicyclic amines) is 1. The summed E-state index contributed by atoms with van der Waals surface area (Å²) >= 11 is 0. The number of amides is 1. The van der Waals surface area contributed by atoms with E-state index in [0.717, 1.165) is 19.6 Å². The van der Waals surface area contributed by atoms with Crippen LogP contribution in [0.15, 0.2) is 35.7 Å². The molecule has 0 saturated carbocycles. The van der Waals surface area contributed by atoms with Crippen molar-refractivity contribution in [3.05, 3.63) is 41.4 Å². The minimum absolute atomic E-state index is 0.183. The SMILES string of the molecule is CC(C)C(=O)C1=C(O)C(=O)N(CCN2CCCCC2)C1c1ccccn1. The summed E-state index contributed by atoms with van der Waals surface area (Å²) in [5, 5.41) is 10.4. The normalized spacial score (nSPS) is 21.7. The van der Waals surface area contributed by atoms with E-state index in [4.69, 9.17) is 0 Å². The summed E-state index contributed by atoms with van der Waals surface area (Å²) in [7, 11) is 0. The van der Waals surface area contributed by atoms with E-state index < -0.39 is 17.7 Å². The lowest BCUT2D eigenvalue weighted by Crippen LogP contribution is -2.40. The molecule has 1 N–H and O–H groups in total. The van der Waals surface area contributed by atoms with Gasteiger partial charge in [-0.3, -0.25) is 14.6 Å². The second-order valence-corrected chi connectivity index (χ2v) is 7.34.